The first-order valence-corrected chi connectivity index (χ1v) is 8.82. The molecule has 0 radical (unpaired) electrons. The number of aromatic nitrogens is 2. The number of rotatable bonds is 9. The molecule has 0 atom stereocenters. The van der Waals surface area contributed by atoms with E-state index < -0.39 is 12.6 Å². The van der Waals surface area contributed by atoms with Gasteiger partial charge in [-0.1, -0.05) is 30.7 Å². The summed E-state index contributed by atoms with van der Waals surface area (Å²) in [5.41, 5.74) is 0.581. The lowest BCUT2D eigenvalue weighted by atomic mass is 10.2. The zero-order valence-electron chi connectivity index (χ0n) is 14.4. The van der Waals surface area contributed by atoms with Crippen molar-refractivity contribution >= 4 is 22.5 Å². The number of alkyl halides is 2. The summed E-state index contributed by atoms with van der Waals surface area (Å²) in [5, 5.41) is 14.4. The summed E-state index contributed by atoms with van der Waals surface area (Å²) in [7, 11) is 1.36. The van der Waals surface area contributed by atoms with Gasteiger partial charge in [-0.05, 0) is 24.1 Å². The number of hydrogen-bond acceptors (Lipinski definition) is 6. The first-order valence-electron chi connectivity index (χ1n) is 8.00. The number of anilines is 1. The maximum Gasteiger partial charge on any atom is 0.387 e. The van der Waals surface area contributed by atoms with Gasteiger partial charge in [-0.25, -0.2) is 4.79 Å². The third-order valence-electron chi connectivity index (χ3n) is 3.33. The van der Waals surface area contributed by atoms with E-state index in [2.05, 4.69) is 32.5 Å². The van der Waals surface area contributed by atoms with Crippen molar-refractivity contribution in [3.05, 3.63) is 28.8 Å². The number of methoxy groups -OCH3 is 1. The number of carbonyl (C=O) groups excluding carboxylic acids is 1. The third kappa shape index (κ3) is 6.10. The highest BCUT2D eigenvalue weighted by Gasteiger charge is 2.12. The number of halogens is 2. The molecule has 0 bridgehead atoms. The van der Waals surface area contributed by atoms with E-state index in [0.29, 0.717) is 10.7 Å². The molecule has 2 N–H and O–H groups in total. The largest absolute Gasteiger partial charge is 0.493 e. The number of ether oxygens (including phenoxy) is 2. The SMILES string of the molecule is CCCCc1nnc(NC(=O)NCc2ccc(OC)c(OC(F)F)c2)s1. The van der Waals surface area contributed by atoms with Gasteiger partial charge in [0.2, 0.25) is 5.13 Å². The van der Waals surface area contributed by atoms with Crippen molar-refractivity contribution < 1.29 is 23.0 Å². The molecule has 0 aliphatic rings. The Morgan fingerprint density at radius 1 is 1.31 bits per heavy atom. The second-order valence-electron chi connectivity index (χ2n) is 5.28. The van der Waals surface area contributed by atoms with Crippen LogP contribution in [0.3, 0.4) is 0 Å². The molecule has 2 amide bonds. The van der Waals surface area contributed by atoms with Crippen molar-refractivity contribution in [1.82, 2.24) is 15.5 Å². The maximum absolute atomic E-state index is 12.4. The summed E-state index contributed by atoms with van der Waals surface area (Å²) in [5.74, 6) is 0.0962. The highest BCUT2D eigenvalue weighted by atomic mass is 32.1. The minimum atomic E-state index is -2.96. The van der Waals surface area contributed by atoms with Crippen molar-refractivity contribution in [3.8, 4) is 11.5 Å². The molecule has 1 heterocycles. The van der Waals surface area contributed by atoms with Gasteiger partial charge in [0.05, 0.1) is 7.11 Å². The lowest BCUT2D eigenvalue weighted by Gasteiger charge is -2.12. The van der Waals surface area contributed by atoms with E-state index in [4.69, 9.17) is 4.74 Å². The van der Waals surface area contributed by atoms with E-state index in [0.717, 1.165) is 24.3 Å². The Morgan fingerprint density at radius 3 is 2.81 bits per heavy atom. The van der Waals surface area contributed by atoms with Gasteiger partial charge in [0.1, 0.15) is 5.01 Å². The van der Waals surface area contributed by atoms with Crippen molar-refractivity contribution in [2.45, 2.75) is 39.3 Å². The Labute approximate surface area is 153 Å². The van der Waals surface area contributed by atoms with Gasteiger partial charge in [0.25, 0.3) is 0 Å². The number of unbranched alkanes of at least 4 members (excludes halogenated alkanes) is 1. The zero-order valence-corrected chi connectivity index (χ0v) is 15.2. The Kier molecular flexibility index (Phi) is 7.52. The molecular formula is C16H20F2N4O3S. The van der Waals surface area contributed by atoms with Crippen molar-refractivity contribution in [2.24, 2.45) is 0 Å². The zero-order chi connectivity index (χ0) is 18.9. The van der Waals surface area contributed by atoms with Crippen LogP contribution in [0.2, 0.25) is 0 Å². The maximum atomic E-state index is 12.4. The summed E-state index contributed by atoms with van der Waals surface area (Å²) in [6.07, 6.45) is 2.90. The molecule has 0 aliphatic carbocycles. The predicted octanol–water partition coefficient (Wildman–Crippen LogP) is 3.81. The number of hydrogen-bond donors (Lipinski definition) is 2. The van der Waals surface area contributed by atoms with Crippen LogP contribution in [-0.4, -0.2) is 29.9 Å². The third-order valence-corrected chi connectivity index (χ3v) is 4.23. The van der Waals surface area contributed by atoms with Gasteiger partial charge in [0, 0.05) is 13.0 Å². The highest BCUT2D eigenvalue weighted by Crippen LogP contribution is 2.29. The van der Waals surface area contributed by atoms with E-state index in [9.17, 15) is 13.6 Å². The number of urea groups is 1. The predicted molar refractivity (Wildman–Crippen MR) is 94.0 cm³/mol. The normalized spacial score (nSPS) is 10.7. The number of nitrogens with one attached hydrogen (secondary N) is 2. The van der Waals surface area contributed by atoms with Crippen LogP contribution in [0.1, 0.15) is 30.3 Å². The quantitative estimate of drug-likeness (QED) is 0.684. The molecule has 0 spiro atoms. The van der Waals surface area contributed by atoms with Gasteiger partial charge in [-0.3, -0.25) is 5.32 Å². The highest BCUT2D eigenvalue weighted by molar-refractivity contribution is 7.15. The first kappa shape index (κ1) is 19.8. The summed E-state index contributed by atoms with van der Waals surface area (Å²) < 4.78 is 34.2. The van der Waals surface area contributed by atoms with E-state index in [1.54, 1.807) is 6.07 Å². The first-order chi connectivity index (χ1) is 12.5. The fraction of sp³-hybridized carbons (Fsp3) is 0.438. The molecule has 26 heavy (non-hydrogen) atoms. The van der Waals surface area contributed by atoms with Crippen LogP contribution in [0.5, 0.6) is 11.5 Å². The molecule has 0 aliphatic heterocycles. The number of aryl methyl sites for hydroxylation is 1. The van der Waals surface area contributed by atoms with Crippen LogP contribution < -0.4 is 20.1 Å². The van der Waals surface area contributed by atoms with Gasteiger partial charge < -0.3 is 14.8 Å². The Hall–Kier alpha value is -2.49. The number of nitrogens with zero attached hydrogens (tertiary/aromatic N) is 2. The van der Waals surface area contributed by atoms with Crippen molar-refractivity contribution in [2.75, 3.05) is 12.4 Å². The Morgan fingerprint density at radius 2 is 2.12 bits per heavy atom. The topological polar surface area (TPSA) is 85.4 Å². The molecule has 142 valence electrons. The second kappa shape index (κ2) is 9.85. The molecule has 0 saturated heterocycles. The molecular weight excluding hydrogens is 366 g/mol. The van der Waals surface area contributed by atoms with Crippen molar-refractivity contribution in [1.29, 1.82) is 0 Å². The standard InChI is InChI=1S/C16H20F2N4O3S/c1-3-4-5-13-21-22-16(26-13)20-15(23)19-9-10-6-7-11(24-2)12(8-10)25-14(17)18/h6-8,14H,3-5,9H2,1-2H3,(H2,19,20,22,23). The van der Waals surface area contributed by atoms with Crippen LogP contribution >= 0.6 is 11.3 Å². The Balaban J connectivity index is 1.89. The van der Waals surface area contributed by atoms with E-state index >= 15 is 0 Å². The summed E-state index contributed by atoms with van der Waals surface area (Å²) in [6, 6.07) is 4.07. The molecule has 2 rings (SSSR count). The fourth-order valence-corrected chi connectivity index (χ4v) is 2.85. The molecule has 2 aromatic rings. The van der Waals surface area contributed by atoms with Gasteiger partial charge in [0.15, 0.2) is 11.5 Å². The summed E-state index contributed by atoms with van der Waals surface area (Å²) in [4.78, 5) is 11.9. The van der Waals surface area contributed by atoms with E-state index in [-0.39, 0.29) is 18.0 Å². The smallest absolute Gasteiger partial charge is 0.387 e. The molecule has 1 aromatic carbocycles. The molecule has 1 aromatic heterocycles. The van der Waals surface area contributed by atoms with Crippen LogP contribution in [0.15, 0.2) is 18.2 Å². The number of amides is 2. The van der Waals surface area contributed by atoms with Crippen LogP contribution in [-0.2, 0) is 13.0 Å². The van der Waals surface area contributed by atoms with Gasteiger partial charge in [-0.2, -0.15) is 8.78 Å². The molecule has 0 saturated carbocycles. The van der Waals surface area contributed by atoms with Gasteiger partial charge in [-0.15, -0.1) is 10.2 Å². The molecule has 7 nitrogen and oxygen atoms in total. The molecule has 0 unspecified atom stereocenters. The lowest BCUT2D eigenvalue weighted by molar-refractivity contribution is -0.0512. The average Bonchev–Trinajstić information content (AvgIpc) is 3.05. The molecule has 0 fully saturated rings. The number of carbonyl (C=O) groups is 1. The molecule has 10 heteroatoms. The summed E-state index contributed by atoms with van der Waals surface area (Å²) in [6.45, 7) is -0.753. The van der Waals surface area contributed by atoms with E-state index in [1.807, 2.05) is 0 Å². The average molecular weight is 386 g/mol. The second-order valence-corrected chi connectivity index (χ2v) is 6.34. The van der Waals surface area contributed by atoms with Crippen LogP contribution in [0.4, 0.5) is 18.7 Å². The van der Waals surface area contributed by atoms with Crippen molar-refractivity contribution in [3.63, 3.8) is 0 Å². The Bertz CT molecular complexity index is 727. The monoisotopic (exact) mass is 386 g/mol. The minimum absolute atomic E-state index is 0.0908. The minimum Gasteiger partial charge on any atom is -0.493 e. The van der Waals surface area contributed by atoms with Gasteiger partial charge >= 0.3 is 12.6 Å². The lowest BCUT2D eigenvalue weighted by Crippen LogP contribution is -2.28. The van der Waals surface area contributed by atoms with E-state index in [1.165, 1.54) is 30.6 Å². The van der Waals surface area contributed by atoms with Crippen LogP contribution in [0, 0.1) is 0 Å². The number of benzene rings is 1. The fourth-order valence-electron chi connectivity index (χ4n) is 2.08. The van der Waals surface area contributed by atoms with Crippen LogP contribution in [0.25, 0.3) is 0 Å². The summed E-state index contributed by atoms with van der Waals surface area (Å²) >= 11 is 1.32.